The van der Waals surface area contributed by atoms with Crippen molar-refractivity contribution in [2.75, 3.05) is 12.4 Å². The lowest BCUT2D eigenvalue weighted by Gasteiger charge is -2.13. The van der Waals surface area contributed by atoms with Crippen LogP contribution in [0.4, 0.5) is 5.69 Å². The number of halogens is 2. The average molecular weight is 484 g/mol. The van der Waals surface area contributed by atoms with Gasteiger partial charge in [-0.3, -0.25) is 4.79 Å². The first kappa shape index (κ1) is 24.7. The third-order valence-electron chi connectivity index (χ3n) is 5.30. The number of aryl methyl sites for hydroxylation is 2. The van der Waals surface area contributed by atoms with Crippen molar-refractivity contribution in [2.45, 2.75) is 33.3 Å². The number of nitrogens with one attached hydrogen (secondary N) is 1. The SMILES string of the molecule is CCc1cccc(CC)c1NC(=O)/C=C/c1ccc(OCc2c(Cl)cccc2Cl)c(OC)c1. The van der Waals surface area contributed by atoms with Crippen LogP contribution in [0.15, 0.2) is 60.7 Å². The highest BCUT2D eigenvalue weighted by Crippen LogP contribution is 2.32. The largest absolute Gasteiger partial charge is 0.493 e. The third kappa shape index (κ3) is 6.31. The van der Waals surface area contributed by atoms with E-state index >= 15 is 0 Å². The van der Waals surface area contributed by atoms with Crippen LogP contribution in [0.25, 0.3) is 6.08 Å². The molecule has 1 amide bonds. The predicted octanol–water partition coefficient (Wildman–Crippen LogP) is 7.36. The molecular weight excluding hydrogens is 457 g/mol. The Morgan fingerprint density at radius 3 is 2.18 bits per heavy atom. The van der Waals surface area contributed by atoms with E-state index in [9.17, 15) is 4.79 Å². The highest BCUT2D eigenvalue weighted by atomic mass is 35.5. The molecule has 0 heterocycles. The molecule has 0 unspecified atom stereocenters. The van der Waals surface area contributed by atoms with Crippen molar-refractivity contribution >= 4 is 40.9 Å². The highest BCUT2D eigenvalue weighted by molar-refractivity contribution is 6.35. The minimum atomic E-state index is -0.182. The van der Waals surface area contributed by atoms with Gasteiger partial charge in [-0.15, -0.1) is 0 Å². The Morgan fingerprint density at radius 2 is 1.58 bits per heavy atom. The highest BCUT2D eigenvalue weighted by Gasteiger charge is 2.11. The number of amides is 1. The van der Waals surface area contributed by atoms with E-state index in [1.165, 1.54) is 6.08 Å². The van der Waals surface area contributed by atoms with E-state index in [-0.39, 0.29) is 12.5 Å². The number of anilines is 1. The van der Waals surface area contributed by atoms with Crippen molar-refractivity contribution in [1.29, 1.82) is 0 Å². The maximum absolute atomic E-state index is 12.6. The lowest BCUT2D eigenvalue weighted by Crippen LogP contribution is -2.11. The number of methoxy groups -OCH3 is 1. The number of rotatable bonds is 9. The molecule has 0 aliphatic carbocycles. The number of para-hydroxylation sites is 1. The summed E-state index contributed by atoms with van der Waals surface area (Å²) in [5, 5.41) is 4.12. The summed E-state index contributed by atoms with van der Waals surface area (Å²) in [6, 6.07) is 16.9. The second-order valence-corrected chi connectivity index (χ2v) is 8.19. The number of benzene rings is 3. The topological polar surface area (TPSA) is 47.6 Å². The van der Waals surface area contributed by atoms with Crippen LogP contribution in [0.5, 0.6) is 11.5 Å². The molecule has 33 heavy (non-hydrogen) atoms. The molecule has 0 fully saturated rings. The zero-order valence-electron chi connectivity index (χ0n) is 19.0. The minimum absolute atomic E-state index is 0.182. The molecule has 0 atom stereocenters. The Morgan fingerprint density at radius 1 is 0.939 bits per heavy atom. The fraction of sp³-hybridized carbons (Fsp3) is 0.222. The molecule has 0 aliphatic heterocycles. The van der Waals surface area contributed by atoms with Gasteiger partial charge in [0.2, 0.25) is 5.91 Å². The Kier molecular flexibility index (Phi) is 8.81. The van der Waals surface area contributed by atoms with Crippen molar-refractivity contribution in [3.05, 3.63) is 93.0 Å². The van der Waals surface area contributed by atoms with E-state index in [0.717, 1.165) is 35.2 Å². The molecule has 6 heteroatoms. The van der Waals surface area contributed by atoms with E-state index in [1.54, 1.807) is 37.5 Å². The van der Waals surface area contributed by atoms with Gasteiger partial charge in [0.15, 0.2) is 11.5 Å². The van der Waals surface area contributed by atoms with Crippen LogP contribution in [-0.4, -0.2) is 13.0 Å². The van der Waals surface area contributed by atoms with Crippen molar-refractivity contribution in [3.8, 4) is 11.5 Å². The first-order valence-electron chi connectivity index (χ1n) is 10.8. The molecule has 1 N–H and O–H groups in total. The maximum atomic E-state index is 12.6. The molecule has 0 saturated heterocycles. The summed E-state index contributed by atoms with van der Waals surface area (Å²) in [7, 11) is 1.57. The molecule has 3 rings (SSSR count). The van der Waals surface area contributed by atoms with Crippen LogP contribution in [0.1, 0.15) is 36.1 Å². The number of carbonyl (C=O) groups is 1. The Hall–Kier alpha value is -2.95. The van der Waals surface area contributed by atoms with Crippen molar-refractivity contribution in [1.82, 2.24) is 0 Å². The molecule has 3 aromatic carbocycles. The number of ether oxygens (including phenoxy) is 2. The fourth-order valence-electron chi connectivity index (χ4n) is 3.47. The first-order valence-corrected chi connectivity index (χ1v) is 11.6. The Labute approximate surface area is 205 Å². The first-order chi connectivity index (χ1) is 16.0. The van der Waals surface area contributed by atoms with Gasteiger partial charge in [0, 0.05) is 27.4 Å². The molecule has 0 saturated carbocycles. The van der Waals surface area contributed by atoms with Crippen molar-refractivity contribution < 1.29 is 14.3 Å². The van der Waals surface area contributed by atoms with Crippen LogP contribution in [-0.2, 0) is 24.2 Å². The summed E-state index contributed by atoms with van der Waals surface area (Å²) >= 11 is 12.4. The molecule has 0 aromatic heterocycles. The summed E-state index contributed by atoms with van der Waals surface area (Å²) in [5.41, 5.74) is 4.67. The van der Waals surface area contributed by atoms with E-state index in [4.69, 9.17) is 32.7 Å². The van der Waals surface area contributed by atoms with E-state index in [0.29, 0.717) is 27.1 Å². The van der Waals surface area contributed by atoms with Gasteiger partial charge >= 0.3 is 0 Å². The molecule has 4 nitrogen and oxygen atoms in total. The monoisotopic (exact) mass is 483 g/mol. The molecule has 172 valence electrons. The van der Waals surface area contributed by atoms with Crippen LogP contribution in [0.2, 0.25) is 10.0 Å². The second-order valence-electron chi connectivity index (χ2n) is 7.38. The molecule has 0 bridgehead atoms. The lowest BCUT2D eigenvalue weighted by atomic mass is 10.0. The van der Waals surface area contributed by atoms with Gasteiger partial charge < -0.3 is 14.8 Å². The van der Waals surface area contributed by atoms with Gasteiger partial charge in [0.25, 0.3) is 0 Å². The molecule has 0 spiro atoms. The number of hydrogen-bond donors (Lipinski definition) is 1. The van der Waals surface area contributed by atoms with Gasteiger partial charge in [0.1, 0.15) is 6.61 Å². The van der Waals surface area contributed by atoms with Crippen LogP contribution < -0.4 is 14.8 Å². The zero-order chi connectivity index (χ0) is 23.8. The van der Waals surface area contributed by atoms with Crippen molar-refractivity contribution in [2.24, 2.45) is 0 Å². The fourth-order valence-corrected chi connectivity index (χ4v) is 3.97. The van der Waals surface area contributed by atoms with E-state index < -0.39 is 0 Å². The molecular formula is C27H27Cl2NO3. The zero-order valence-corrected chi connectivity index (χ0v) is 20.5. The molecule has 0 aliphatic rings. The Balaban J connectivity index is 1.71. The van der Waals surface area contributed by atoms with Crippen LogP contribution in [0, 0.1) is 0 Å². The van der Waals surface area contributed by atoms with Gasteiger partial charge in [-0.25, -0.2) is 0 Å². The standard InChI is InChI=1S/C27H27Cl2NO3/c1-4-19-8-6-9-20(5-2)27(19)30-26(31)15-13-18-12-14-24(25(16-18)32-3)33-17-21-22(28)10-7-11-23(21)29/h6-16H,4-5,17H2,1-3H3,(H,30,31)/b15-13+. The summed E-state index contributed by atoms with van der Waals surface area (Å²) in [5.74, 6) is 0.920. The van der Waals surface area contributed by atoms with Gasteiger partial charge in [-0.2, -0.15) is 0 Å². The van der Waals surface area contributed by atoms with Crippen LogP contribution >= 0.6 is 23.2 Å². The third-order valence-corrected chi connectivity index (χ3v) is 6.00. The number of carbonyl (C=O) groups excluding carboxylic acids is 1. The normalized spacial score (nSPS) is 10.9. The quantitative estimate of drug-likeness (QED) is 0.323. The van der Waals surface area contributed by atoms with E-state index in [1.807, 2.05) is 30.3 Å². The summed E-state index contributed by atoms with van der Waals surface area (Å²) < 4.78 is 11.4. The summed E-state index contributed by atoms with van der Waals surface area (Å²) in [6.07, 6.45) is 4.97. The summed E-state index contributed by atoms with van der Waals surface area (Å²) in [6.45, 7) is 4.37. The lowest BCUT2D eigenvalue weighted by molar-refractivity contribution is -0.111. The maximum Gasteiger partial charge on any atom is 0.248 e. The van der Waals surface area contributed by atoms with Crippen molar-refractivity contribution in [3.63, 3.8) is 0 Å². The van der Waals surface area contributed by atoms with Gasteiger partial charge in [-0.1, -0.05) is 67.4 Å². The molecule has 3 aromatic rings. The molecule has 0 radical (unpaired) electrons. The van der Waals surface area contributed by atoms with E-state index in [2.05, 4.69) is 19.2 Å². The second kappa shape index (κ2) is 11.8. The van der Waals surface area contributed by atoms with Gasteiger partial charge in [0.05, 0.1) is 7.11 Å². The average Bonchev–Trinajstić information content (AvgIpc) is 2.82. The smallest absolute Gasteiger partial charge is 0.248 e. The van der Waals surface area contributed by atoms with Crippen LogP contribution in [0.3, 0.4) is 0 Å². The summed E-state index contributed by atoms with van der Waals surface area (Å²) in [4.78, 5) is 12.6. The number of hydrogen-bond acceptors (Lipinski definition) is 3. The minimum Gasteiger partial charge on any atom is -0.493 e. The Bertz CT molecular complexity index is 1120. The predicted molar refractivity (Wildman–Crippen MR) is 137 cm³/mol. The van der Waals surface area contributed by atoms with Gasteiger partial charge in [-0.05, 0) is 59.9 Å².